The van der Waals surface area contributed by atoms with Crippen molar-refractivity contribution >= 4 is 24.0 Å². The second kappa shape index (κ2) is 8.60. The number of nitrogens with one attached hydrogen (secondary N) is 2. The van der Waals surface area contributed by atoms with E-state index in [4.69, 9.17) is 0 Å². The summed E-state index contributed by atoms with van der Waals surface area (Å²) in [5.41, 5.74) is 0.190. The summed E-state index contributed by atoms with van der Waals surface area (Å²) in [5.74, 6) is -1.81. The normalized spacial score (nSPS) is 9.95. The molecule has 4 nitrogen and oxygen atoms in total. The average molecular weight is 299 g/mol. The zero-order chi connectivity index (χ0) is 13.5. The lowest BCUT2D eigenvalue weighted by Gasteiger charge is -2.08. The maximum Gasteiger partial charge on any atom is 0.387 e. The Morgan fingerprint density at radius 1 is 1.42 bits per heavy atom. The molecule has 0 fully saturated rings. The molecule has 2 N–H and O–H groups in total. The monoisotopic (exact) mass is 298 g/mol. The van der Waals surface area contributed by atoms with Crippen molar-refractivity contribution in [3.05, 3.63) is 24.0 Å². The van der Waals surface area contributed by atoms with Crippen LogP contribution in [0, 0.1) is 5.82 Å². The Kier molecular flexibility index (Phi) is 7.94. The molecule has 1 aromatic rings. The number of ether oxygens (including phenoxy) is 1. The first-order chi connectivity index (χ1) is 8.52. The van der Waals surface area contributed by atoms with Gasteiger partial charge in [-0.3, -0.25) is 4.79 Å². The van der Waals surface area contributed by atoms with Crippen LogP contribution in [0.4, 0.5) is 18.9 Å². The number of alkyl halides is 2. The molecule has 0 aromatic heterocycles. The molecule has 0 unspecified atom stereocenters. The van der Waals surface area contributed by atoms with Gasteiger partial charge in [0.05, 0.1) is 0 Å². The smallest absolute Gasteiger partial charge is 0.387 e. The van der Waals surface area contributed by atoms with Crippen molar-refractivity contribution in [2.45, 2.75) is 13.0 Å². The Morgan fingerprint density at radius 3 is 2.63 bits per heavy atom. The SMILES string of the molecule is CNCCC(=O)Nc1ccc(OC(F)F)c(F)c1.Cl. The Morgan fingerprint density at radius 2 is 2.11 bits per heavy atom. The first-order valence-electron chi connectivity index (χ1n) is 5.21. The number of benzene rings is 1. The second-order valence-corrected chi connectivity index (χ2v) is 3.43. The van der Waals surface area contributed by atoms with E-state index in [-0.39, 0.29) is 30.4 Å². The lowest BCUT2D eigenvalue weighted by Crippen LogP contribution is -2.18. The van der Waals surface area contributed by atoms with Gasteiger partial charge in [0.1, 0.15) is 0 Å². The van der Waals surface area contributed by atoms with E-state index in [2.05, 4.69) is 15.4 Å². The predicted octanol–water partition coefficient (Wildman–Crippen LogP) is 2.40. The highest BCUT2D eigenvalue weighted by Gasteiger charge is 2.11. The molecular formula is C11H14ClF3N2O2. The van der Waals surface area contributed by atoms with Crippen LogP contribution in [0.25, 0.3) is 0 Å². The van der Waals surface area contributed by atoms with E-state index >= 15 is 0 Å². The van der Waals surface area contributed by atoms with Gasteiger partial charge in [-0.25, -0.2) is 4.39 Å². The third-order valence-corrected chi connectivity index (χ3v) is 2.03. The molecule has 1 aromatic carbocycles. The van der Waals surface area contributed by atoms with Gasteiger partial charge in [0.15, 0.2) is 11.6 Å². The minimum absolute atomic E-state index is 0. The summed E-state index contributed by atoms with van der Waals surface area (Å²) in [7, 11) is 1.70. The second-order valence-electron chi connectivity index (χ2n) is 3.43. The Hall–Kier alpha value is -1.47. The van der Waals surface area contributed by atoms with E-state index in [1.165, 1.54) is 6.07 Å². The predicted molar refractivity (Wildman–Crippen MR) is 67.5 cm³/mol. The maximum absolute atomic E-state index is 13.3. The van der Waals surface area contributed by atoms with E-state index in [9.17, 15) is 18.0 Å². The summed E-state index contributed by atoms with van der Waals surface area (Å²) < 4.78 is 41.0. The number of carbonyl (C=O) groups excluding carboxylic acids is 1. The van der Waals surface area contributed by atoms with Crippen LogP contribution in [0.5, 0.6) is 5.75 Å². The molecule has 0 aliphatic heterocycles. The molecule has 1 rings (SSSR count). The van der Waals surface area contributed by atoms with Crippen LogP contribution in [0.15, 0.2) is 18.2 Å². The highest BCUT2D eigenvalue weighted by atomic mass is 35.5. The van der Waals surface area contributed by atoms with E-state index in [1.54, 1.807) is 7.05 Å². The van der Waals surface area contributed by atoms with Crippen molar-refractivity contribution in [1.82, 2.24) is 5.32 Å². The zero-order valence-corrected chi connectivity index (χ0v) is 10.9. The maximum atomic E-state index is 13.3. The van der Waals surface area contributed by atoms with Crippen LogP contribution in [0.2, 0.25) is 0 Å². The lowest BCUT2D eigenvalue weighted by molar-refractivity contribution is -0.116. The standard InChI is InChI=1S/C11H13F3N2O2.ClH/c1-15-5-4-10(17)16-7-2-3-9(8(12)6-7)18-11(13)14;/h2-3,6,11,15H,4-5H2,1H3,(H,16,17);1H. The van der Waals surface area contributed by atoms with Gasteiger partial charge in [0.25, 0.3) is 0 Å². The highest BCUT2D eigenvalue weighted by molar-refractivity contribution is 5.90. The summed E-state index contributed by atoms with van der Waals surface area (Å²) in [4.78, 5) is 11.3. The molecule has 0 saturated heterocycles. The summed E-state index contributed by atoms with van der Waals surface area (Å²) in [6.07, 6.45) is 0.230. The van der Waals surface area contributed by atoms with E-state index < -0.39 is 18.2 Å². The number of hydrogen-bond donors (Lipinski definition) is 2. The number of hydrogen-bond acceptors (Lipinski definition) is 3. The zero-order valence-electron chi connectivity index (χ0n) is 10.1. The molecule has 0 aliphatic rings. The Labute approximate surface area is 114 Å². The first-order valence-corrected chi connectivity index (χ1v) is 5.21. The molecule has 8 heteroatoms. The van der Waals surface area contributed by atoms with Gasteiger partial charge in [0, 0.05) is 24.7 Å². The van der Waals surface area contributed by atoms with Crippen LogP contribution in [-0.4, -0.2) is 26.1 Å². The minimum Gasteiger partial charge on any atom is -0.432 e. The fourth-order valence-electron chi connectivity index (χ4n) is 1.23. The minimum atomic E-state index is -3.09. The number of rotatable bonds is 6. The third kappa shape index (κ3) is 6.30. The molecule has 0 saturated carbocycles. The summed E-state index contributed by atoms with van der Waals surface area (Å²) in [6.45, 7) is -2.60. The number of carbonyl (C=O) groups is 1. The third-order valence-electron chi connectivity index (χ3n) is 2.03. The first kappa shape index (κ1) is 17.5. The van der Waals surface area contributed by atoms with Gasteiger partial charge in [-0.2, -0.15) is 8.78 Å². The van der Waals surface area contributed by atoms with Crippen LogP contribution in [-0.2, 0) is 4.79 Å². The number of anilines is 1. The van der Waals surface area contributed by atoms with Gasteiger partial charge < -0.3 is 15.4 Å². The Balaban J connectivity index is 0.00000324. The molecule has 0 radical (unpaired) electrons. The van der Waals surface area contributed by atoms with E-state index in [1.807, 2.05) is 0 Å². The summed E-state index contributed by atoms with van der Waals surface area (Å²) >= 11 is 0. The van der Waals surface area contributed by atoms with Crippen molar-refractivity contribution < 1.29 is 22.7 Å². The van der Waals surface area contributed by atoms with Gasteiger partial charge >= 0.3 is 6.61 Å². The summed E-state index contributed by atoms with van der Waals surface area (Å²) in [6, 6.07) is 3.25. The molecule has 0 bridgehead atoms. The Bertz CT molecular complexity index is 419. The quantitative estimate of drug-likeness (QED) is 0.848. The van der Waals surface area contributed by atoms with Gasteiger partial charge in [-0.1, -0.05) is 0 Å². The van der Waals surface area contributed by atoms with Gasteiger partial charge in [-0.15, -0.1) is 12.4 Å². The van der Waals surface area contributed by atoms with Crippen LogP contribution in [0.3, 0.4) is 0 Å². The summed E-state index contributed by atoms with van der Waals surface area (Å²) in [5, 5.41) is 5.22. The molecule has 108 valence electrons. The van der Waals surface area contributed by atoms with Gasteiger partial charge in [0.2, 0.25) is 5.91 Å². The largest absolute Gasteiger partial charge is 0.432 e. The van der Waals surface area contributed by atoms with Crippen LogP contribution >= 0.6 is 12.4 Å². The van der Waals surface area contributed by atoms with E-state index in [0.717, 1.165) is 12.1 Å². The average Bonchev–Trinajstić information content (AvgIpc) is 2.29. The van der Waals surface area contributed by atoms with Crippen molar-refractivity contribution in [2.24, 2.45) is 0 Å². The lowest BCUT2D eigenvalue weighted by atomic mass is 10.2. The van der Waals surface area contributed by atoms with Crippen molar-refractivity contribution in [1.29, 1.82) is 0 Å². The van der Waals surface area contributed by atoms with E-state index in [0.29, 0.717) is 6.54 Å². The van der Waals surface area contributed by atoms with Crippen molar-refractivity contribution in [3.63, 3.8) is 0 Å². The van der Waals surface area contributed by atoms with Crippen molar-refractivity contribution in [3.8, 4) is 5.75 Å². The van der Waals surface area contributed by atoms with Crippen LogP contribution < -0.4 is 15.4 Å². The molecule has 0 atom stereocenters. The fraction of sp³-hybridized carbons (Fsp3) is 0.364. The molecule has 19 heavy (non-hydrogen) atoms. The molecule has 1 amide bonds. The fourth-order valence-corrected chi connectivity index (χ4v) is 1.23. The number of amides is 1. The van der Waals surface area contributed by atoms with Gasteiger partial charge in [-0.05, 0) is 19.2 Å². The molecule has 0 aliphatic carbocycles. The van der Waals surface area contributed by atoms with Crippen LogP contribution in [0.1, 0.15) is 6.42 Å². The molecular weight excluding hydrogens is 285 g/mol. The molecule has 0 heterocycles. The van der Waals surface area contributed by atoms with Crippen molar-refractivity contribution in [2.75, 3.05) is 18.9 Å². The molecule has 0 spiro atoms. The highest BCUT2D eigenvalue weighted by Crippen LogP contribution is 2.22. The number of halogens is 4. The topological polar surface area (TPSA) is 50.4 Å².